The van der Waals surface area contributed by atoms with Crippen molar-refractivity contribution in [2.75, 3.05) is 0 Å². The molecule has 0 fully saturated rings. The molecule has 25 heavy (non-hydrogen) atoms. The largest absolute Gasteiger partial charge is 0.481 e. The summed E-state index contributed by atoms with van der Waals surface area (Å²) in [4.78, 5) is 11.5. The highest BCUT2D eigenvalue weighted by Gasteiger charge is 2.22. The monoisotopic (exact) mass is 334 g/mol. The third-order valence-electron chi connectivity index (χ3n) is 4.02. The van der Waals surface area contributed by atoms with Crippen LogP contribution < -0.4 is 0 Å². The van der Waals surface area contributed by atoms with Crippen molar-refractivity contribution in [3.63, 3.8) is 0 Å². The van der Waals surface area contributed by atoms with Crippen LogP contribution in [0, 0.1) is 5.92 Å². The van der Waals surface area contributed by atoms with Crippen LogP contribution in [0.15, 0.2) is 60.7 Å². The van der Waals surface area contributed by atoms with Gasteiger partial charge in [-0.25, -0.2) is 0 Å². The molecule has 0 amide bonds. The first-order valence-electron chi connectivity index (χ1n) is 8.48. The highest BCUT2D eigenvalue weighted by Crippen LogP contribution is 2.35. The first kappa shape index (κ1) is 17.0. The predicted molar refractivity (Wildman–Crippen MR) is 99.3 cm³/mol. The number of nitrogens with zero attached hydrogens (tertiary/aromatic N) is 2. The fourth-order valence-electron chi connectivity index (χ4n) is 3.02. The van der Waals surface area contributed by atoms with E-state index in [2.05, 4.69) is 13.8 Å². The van der Waals surface area contributed by atoms with Gasteiger partial charge in [-0.2, -0.15) is 5.10 Å². The van der Waals surface area contributed by atoms with Gasteiger partial charge in [-0.1, -0.05) is 74.5 Å². The second kappa shape index (κ2) is 7.34. The highest BCUT2D eigenvalue weighted by molar-refractivity contribution is 5.85. The first-order valence-corrected chi connectivity index (χ1v) is 8.48. The van der Waals surface area contributed by atoms with Crippen LogP contribution in [0.25, 0.3) is 22.4 Å². The molecule has 0 aliphatic heterocycles. The van der Waals surface area contributed by atoms with E-state index in [1.54, 1.807) is 0 Å². The normalized spacial score (nSPS) is 11.0. The summed E-state index contributed by atoms with van der Waals surface area (Å²) in [6.45, 7) is 4.91. The van der Waals surface area contributed by atoms with Crippen LogP contribution in [-0.2, 0) is 17.8 Å². The predicted octanol–water partition coefficient (Wildman–Crippen LogP) is 4.50. The highest BCUT2D eigenvalue weighted by atomic mass is 16.4. The van der Waals surface area contributed by atoms with E-state index in [-0.39, 0.29) is 6.42 Å². The molecule has 2 aromatic carbocycles. The van der Waals surface area contributed by atoms with Crippen molar-refractivity contribution in [2.45, 2.75) is 26.8 Å². The molecule has 1 N–H and O–H groups in total. The van der Waals surface area contributed by atoms with Crippen molar-refractivity contribution in [1.29, 1.82) is 0 Å². The Hall–Kier alpha value is -2.88. The number of carboxylic acids is 1. The quantitative estimate of drug-likeness (QED) is 0.722. The summed E-state index contributed by atoms with van der Waals surface area (Å²) < 4.78 is 1.86. The Morgan fingerprint density at radius 1 is 1.00 bits per heavy atom. The average Bonchev–Trinajstić information content (AvgIpc) is 2.93. The number of hydrogen-bond donors (Lipinski definition) is 1. The summed E-state index contributed by atoms with van der Waals surface area (Å²) in [7, 11) is 0. The summed E-state index contributed by atoms with van der Waals surface area (Å²) in [5.74, 6) is -0.471. The Labute approximate surface area is 147 Å². The SMILES string of the molecule is CC(C)Cn1nc(-c2ccccc2)c(-c2ccccc2)c1CC(=O)O. The van der Waals surface area contributed by atoms with Gasteiger partial charge in [0.15, 0.2) is 0 Å². The maximum atomic E-state index is 11.5. The van der Waals surface area contributed by atoms with Gasteiger partial charge in [0.2, 0.25) is 0 Å². The van der Waals surface area contributed by atoms with Crippen LogP contribution in [0.1, 0.15) is 19.5 Å². The Kier molecular flexibility index (Phi) is 4.98. The fourth-order valence-corrected chi connectivity index (χ4v) is 3.02. The van der Waals surface area contributed by atoms with Crippen molar-refractivity contribution in [1.82, 2.24) is 9.78 Å². The topological polar surface area (TPSA) is 55.1 Å². The molecule has 3 aromatic rings. The van der Waals surface area contributed by atoms with Gasteiger partial charge in [0.1, 0.15) is 5.69 Å². The summed E-state index contributed by atoms with van der Waals surface area (Å²) in [5.41, 5.74) is 4.49. The molecule has 0 atom stereocenters. The zero-order valence-corrected chi connectivity index (χ0v) is 14.5. The van der Waals surface area contributed by atoms with E-state index in [4.69, 9.17) is 5.10 Å². The maximum Gasteiger partial charge on any atom is 0.309 e. The molecular weight excluding hydrogens is 312 g/mol. The Bertz CT molecular complexity index is 852. The van der Waals surface area contributed by atoms with Gasteiger partial charge >= 0.3 is 5.97 Å². The third-order valence-corrected chi connectivity index (χ3v) is 4.02. The minimum atomic E-state index is -0.846. The standard InChI is InChI=1S/C21H22N2O2/c1-15(2)14-23-18(13-19(24)25)20(16-9-5-3-6-10-16)21(22-23)17-11-7-4-8-12-17/h3-12,15H,13-14H2,1-2H3,(H,24,25). The molecule has 4 heteroatoms. The van der Waals surface area contributed by atoms with Crippen LogP contribution in [0.3, 0.4) is 0 Å². The molecule has 0 spiro atoms. The number of aliphatic carboxylic acids is 1. The number of rotatable bonds is 6. The number of aromatic nitrogens is 2. The van der Waals surface area contributed by atoms with Crippen LogP contribution in [0.2, 0.25) is 0 Å². The van der Waals surface area contributed by atoms with E-state index >= 15 is 0 Å². The number of carboxylic acid groups (broad SMARTS) is 1. The summed E-state index contributed by atoms with van der Waals surface area (Å²) >= 11 is 0. The van der Waals surface area contributed by atoms with Gasteiger partial charge < -0.3 is 5.11 Å². The Morgan fingerprint density at radius 3 is 2.08 bits per heavy atom. The molecule has 0 saturated heterocycles. The van der Waals surface area contributed by atoms with Crippen molar-refractivity contribution < 1.29 is 9.90 Å². The van der Waals surface area contributed by atoms with Gasteiger partial charge in [-0.15, -0.1) is 0 Å². The molecule has 1 heterocycles. The smallest absolute Gasteiger partial charge is 0.309 e. The molecule has 3 rings (SSSR count). The van der Waals surface area contributed by atoms with E-state index in [0.717, 1.165) is 28.1 Å². The molecule has 0 aliphatic carbocycles. The second-order valence-corrected chi connectivity index (χ2v) is 6.55. The summed E-state index contributed by atoms with van der Waals surface area (Å²) in [6, 6.07) is 19.9. The van der Waals surface area contributed by atoms with Gasteiger partial charge in [0, 0.05) is 17.7 Å². The van der Waals surface area contributed by atoms with Crippen LogP contribution in [0.4, 0.5) is 0 Å². The van der Waals surface area contributed by atoms with Gasteiger partial charge in [-0.05, 0) is 11.5 Å². The number of carbonyl (C=O) groups is 1. The molecule has 0 radical (unpaired) electrons. The average molecular weight is 334 g/mol. The van der Waals surface area contributed by atoms with Crippen LogP contribution >= 0.6 is 0 Å². The molecule has 0 saturated carbocycles. The minimum absolute atomic E-state index is 0.0449. The number of hydrogen-bond acceptors (Lipinski definition) is 2. The molecule has 0 aliphatic rings. The van der Waals surface area contributed by atoms with Gasteiger partial charge in [-0.3, -0.25) is 9.48 Å². The van der Waals surface area contributed by atoms with E-state index in [1.165, 1.54) is 0 Å². The number of benzene rings is 2. The molecule has 128 valence electrons. The summed E-state index contributed by atoms with van der Waals surface area (Å²) in [6.07, 6.45) is -0.0449. The van der Waals surface area contributed by atoms with Crippen LogP contribution in [-0.4, -0.2) is 20.9 Å². The second-order valence-electron chi connectivity index (χ2n) is 6.55. The van der Waals surface area contributed by atoms with E-state index in [9.17, 15) is 9.90 Å². The third kappa shape index (κ3) is 3.79. The summed E-state index contributed by atoms with van der Waals surface area (Å²) in [5, 5.41) is 14.2. The van der Waals surface area contributed by atoms with Gasteiger partial charge in [0.25, 0.3) is 0 Å². The van der Waals surface area contributed by atoms with Crippen molar-refractivity contribution in [2.24, 2.45) is 5.92 Å². The van der Waals surface area contributed by atoms with E-state index in [1.807, 2.05) is 65.3 Å². The lowest BCUT2D eigenvalue weighted by molar-refractivity contribution is -0.136. The van der Waals surface area contributed by atoms with Crippen molar-refractivity contribution in [3.8, 4) is 22.4 Å². The zero-order valence-electron chi connectivity index (χ0n) is 14.5. The first-order chi connectivity index (χ1) is 12.1. The molecule has 0 bridgehead atoms. The lowest BCUT2D eigenvalue weighted by atomic mass is 9.97. The maximum absolute atomic E-state index is 11.5. The fraction of sp³-hybridized carbons (Fsp3) is 0.238. The molecule has 1 aromatic heterocycles. The van der Waals surface area contributed by atoms with Crippen molar-refractivity contribution >= 4 is 5.97 Å². The lowest BCUT2D eigenvalue weighted by Crippen LogP contribution is -2.13. The van der Waals surface area contributed by atoms with E-state index in [0.29, 0.717) is 12.5 Å². The van der Waals surface area contributed by atoms with Crippen molar-refractivity contribution in [3.05, 3.63) is 66.4 Å². The Balaban J connectivity index is 2.26. The minimum Gasteiger partial charge on any atom is -0.481 e. The zero-order chi connectivity index (χ0) is 17.8. The lowest BCUT2D eigenvalue weighted by Gasteiger charge is -2.10. The van der Waals surface area contributed by atoms with Crippen LogP contribution in [0.5, 0.6) is 0 Å². The van der Waals surface area contributed by atoms with E-state index < -0.39 is 5.97 Å². The molecule has 0 unspecified atom stereocenters. The van der Waals surface area contributed by atoms with Gasteiger partial charge in [0.05, 0.1) is 12.1 Å². The molecule has 4 nitrogen and oxygen atoms in total. The molecular formula is C21H22N2O2. The Morgan fingerprint density at radius 2 is 1.56 bits per heavy atom.